The Balaban J connectivity index is 2.24. The van der Waals surface area contributed by atoms with Crippen molar-refractivity contribution in [2.75, 3.05) is 13.1 Å². The van der Waals surface area contributed by atoms with E-state index in [0.717, 1.165) is 12.5 Å². The van der Waals surface area contributed by atoms with E-state index >= 15 is 0 Å². The van der Waals surface area contributed by atoms with Gasteiger partial charge in [-0.15, -0.1) is 0 Å². The maximum atomic E-state index is 3.50. The van der Waals surface area contributed by atoms with E-state index in [1.807, 2.05) is 0 Å². The molecule has 0 radical (unpaired) electrons. The summed E-state index contributed by atoms with van der Waals surface area (Å²) in [7, 11) is 0. The minimum Gasteiger partial charge on any atom is -0.316 e. The molecule has 0 saturated carbocycles. The third kappa shape index (κ3) is 2.23. The first kappa shape index (κ1) is 10.7. The first-order chi connectivity index (χ1) is 7.18. The van der Waals surface area contributed by atoms with Gasteiger partial charge in [-0.1, -0.05) is 25.1 Å². The third-order valence-electron chi connectivity index (χ3n) is 3.79. The van der Waals surface area contributed by atoms with Gasteiger partial charge >= 0.3 is 0 Å². The van der Waals surface area contributed by atoms with Gasteiger partial charge in [0.1, 0.15) is 0 Å². The minimum atomic E-state index is 0.707. The molecule has 82 valence electrons. The van der Waals surface area contributed by atoms with E-state index in [0.29, 0.717) is 5.92 Å². The highest BCUT2D eigenvalue weighted by Gasteiger charge is 2.22. The van der Waals surface area contributed by atoms with Crippen molar-refractivity contribution >= 4 is 0 Å². The van der Waals surface area contributed by atoms with Crippen LogP contribution in [0.4, 0.5) is 0 Å². The summed E-state index contributed by atoms with van der Waals surface area (Å²) in [5.74, 6) is 1.52. The van der Waals surface area contributed by atoms with Gasteiger partial charge in [0.25, 0.3) is 0 Å². The molecule has 0 bridgehead atoms. The topological polar surface area (TPSA) is 12.0 Å². The molecule has 0 aliphatic carbocycles. The van der Waals surface area contributed by atoms with Crippen LogP contribution in [0.5, 0.6) is 0 Å². The Labute approximate surface area is 92.9 Å². The van der Waals surface area contributed by atoms with Crippen LogP contribution >= 0.6 is 0 Å². The second-order valence-corrected chi connectivity index (χ2v) is 4.92. The molecule has 1 heteroatoms. The van der Waals surface area contributed by atoms with Crippen LogP contribution in [0.3, 0.4) is 0 Å². The molecule has 2 atom stereocenters. The Hall–Kier alpha value is -0.820. The second kappa shape index (κ2) is 4.36. The average Bonchev–Trinajstić information content (AvgIpc) is 2.23. The van der Waals surface area contributed by atoms with Gasteiger partial charge in [-0.25, -0.2) is 0 Å². The van der Waals surface area contributed by atoms with Gasteiger partial charge < -0.3 is 5.32 Å². The zero-order valence-electron chi connectivity index (χ0n) is 10.0. The Morgan fingerprint density at radius 2 is 2.00 bits per heavy atom. The average molecular weight is 203 g/mol. The molecule has 1 nitrogen and oxygen atoms in total. The lowest BCUT2D eigenvalue weighted by molar-refractivity contribution is 0.348. The van der Waals surface area contributed by atoms with E-state index in [1.54, 1.807) is 0 Å². The molecular weight excluding hydrogens is 182 g/mol. The molecule has 1 heterocycles. The Morgan fingerprint density at radius 3 is 2.67 bits per heavy atom. The normalized spacial score (nSPS) is 26.6. The third-order valence-corrected chi connectivity index (χ3v) is 3.79. The zero-order chi connectivity index (χ0) is 10.8. The molecule has 15 heavy (non-hydrogen) atoms. The van der Waals surface area contributed by atoms with Crippen LogP contribution in [-0.4, -0.2) is 13.1 Å². The monoisotopic (exact) mass is 203 g/mol. The van der Waals surface area contributed by atoms with Crippen LogP contribution in [0.15, 0.2) is 18.2 Å². The first-order valence-electron chi connectivity index (χ1n) is 5.96. The van der Waals surface area contributed by atoms with Crippen molar-refractivity contribution < 1.29 is 0 Å². The van der Waals surface area contributed by atoms with Crippen molar-refractivity contribution in [1.82, 2.24) is 5.32 Å². The molecule has 1 aliphatic heterocycles. The molecule has 2 rings (SSSR count). The predicted molar refractivity (Wildman–Crippen MR) is 65.3 cm³/mol. The lowest BCUT2D eigenvalue weighted by Gasteiger charge is -2.30. The molecule has 1 saturated heterocycles. The quantitative estimate of drug-likeness (QED) is 0.740. The van der Waals surface area contributed by atoms with Gasteiger partial charge in [0.05, 0.1) is 0 Å². The van der Waals surface area contributed by atoms with Crippen molar-refractivity contribution in [3.63, 3.8) is 0 Å². The summed E-state index contributed by atoms with van der Waals surface area (Å²) in [4.78, 5) is 0. The molecule has 0 amide bonds. The van der Waals surface area contributed by atoms with Crippen molar-refractivity contribution in [1.29, 1.82) is 0 Å². The van der Waals surface area contributed by atoms with E-state index in [1.165, 1.54) is 29.7 Å². The summed E-state index contributed by atoms with van der Waals surface area (Å²) in [6.45, 7) is 9.09. The van der Waals surface area contributed by atoms with Gasteiger partial charge in [0, 0.05) is 6.54 Å². The van der Waals surface area contributed by atoms with Crippen molar-refractivity contribution in [2.24, 2.45) is 5.92 Å². The minimum absolute atomic E-state index is 0.707. The van der Waals surface area contributed by atoms with Crippen LogP contribution in [0.2, 0.25) is 0 Å². The molecule has 1 aliphatic rings. The maximum Gasteiger partial charge on any atom is 0.00227 e. The number of nitrogens with one attached hydrogen (secondary N) is 1. The van der Waals surface area contributed by atoms with Crippen LogP contribution in [0.1, 0.15) is 36.0 Å². The fourth-order valence-electron chi connectivity index (χ4n) is 2.43. The van der Waals surface area contributed by atoms with Crippen molar-refractivity contribution in [2.45, 2.75) is 33.1 Å². The molecule has 1 N–H and O–H groups in total. The number of rotatable bonds is 1. The van der Waals surface area contributed by atoms with Crippen molar-refractivity contribution in [3.8, 4) is 0 Å². The second-order valence-electron chi connectivity index (χ2n) is 4.92. The SMILES string of the molecule is Cc1ccc([C@H]2CNCC[C@H]2C)cc1C. The van der Waals surface area contributed by atoms with Crippen LogP contribution in [-0.2, 0) is 0 Å². The highest BCUT2D eigenvalue weighted by Crippen LogP contribution is 2.29. The Morgan fingerprint density at radius 1 is 1.20 bits per heavy atom. The lowest BCUT2D eigenvalue weighted by atomic mass is 9.82. The highest BCUT2D eigenvalue weighted by molar-refractivity contribution is 5.32. The van der Waals surface area contributed by atoms with Gasteiger partial charge in [-0.2, -0.15) is 0 Å². The summed E-state index contributed by atoms with van der Waals surface area (Å²) in [5.41, 5.74) is 4.33. The number of hydrogen-bond donors (Lipinski definition) is 1. The standard InChI is InChI=1S/C14H21N/c1-10-4-5-13(8-12(10)3)14-9-15-7-6-11(14)2/h4-5,8,11,14-15H,6-7,9H2,1-3H3/t11-,14+/m1/s1. The fraction of sp³-hybridized carbons (Fsp3) is 0.571. The van der Waals surface area contributed by atoms with E-state index in [-0.39, 0.29) is 0 Å². The smallest absolute Gasteiger partial charge is 0.00227 e. The van der Waals surface area contributed by atoms with Gasteiger partial charge in [-0.05, 0) is 55.3 Å². The molecule has 1 fully saturated rings. The summed E-state index contributed by atoms with van der Waals surface area (Å²) in [5, 5.41) is 3.50. The van der Waals surface area contributed by atoms with Crippen LogP contribution < -0.4 is 5.32 Å². The molecule has 1 aromatic rings. The number of aryl methyl sites for hydroxylation is 2. The molecule has 1 aromatic carbocycles. The Kier molecular flexibility index (Phi) is 3.11. The molecular formula is C14H21N. The van der Waals surface area contributed by atoms with Gasteiger partial charge in [0.2, 0.25) is 0 Å². The van der Waals surface area contributed by atoms with E-state index in [9.17, 15) is 0 Å². The van der Waals surface area contributed by atoms with Crippen LogP contribution in [0.25, 0.3) is 0 Å². The molecule has 0 aromatic heterocycles. The first-order valence-corrected chi connectivity index (χ1v) is 5.96. The summed E-state index contributed by atoms with van der Waals surface area (Å²) in [6.07, 6.45) is 1.30. The number of benzene rings is 1. The van der Waals surface area contributed by atoms with Crippen molar-refractivity contribution in [3.05, 3.63) is 34.9 Å². The molecule has 0 unspecified atom stereocenters. The van der Waals surface area contributed by atoms with E-state index < -0.39 is 0 Å². The van der Waals surface area contributed by atoms with Crippen LogP contribution in [0, 0.1) is 19.8 Å². The summed E-state index contributed by atoms with van der Waals surface area (Å²) >= 11 is 0. The Bertz CT molecular complexity index is 343. The number of piperidine rings is 1. The lowest BCUT2D eigenvalue weighted by Crippen LogP contribution is -2.33. The highest BCUT2D eigenvalue weighted by atomic mass is 14.9. The number of hydrogen-bond acceptors (Lipinski definition) is 1. The zero-order valence-corrected chi connectivity index (χ0v) is 10.0. The van der Waals surface area contributed by atoms with E-state index in [2.05, 4.69) is 44.3 Å². The van der Waals surface area contributed by atoms with E-state index in [4.69, 9.17) is 0 Å². The largest absolute Gasteiger partial charge is 0.316 e. The molecule has 0 spiro atoms. The van der Waals surface area contributed by atoms with Gasteiger partial charge in [-0.3, -0.25) is 0 Å². The summed E-state index contributed by atoms with van der Waals surface area (Å²) < 4.78 is 0. The summed E-state index contributed by atoms with van der Waals surface area (Å²) in [6, 6.07) is 6.92. The fourth-order valence-corrected chi connectivity index (χ4v) is 2.43. The predicted octanol–water partition coefficient (Wildman–Crippen LogP) is 3.02. The maximum absolute atomic E-state index is 3.50. The van der Waals surface area contributed by atoms with Gasteiger partial charge in [0.15, 0.2) is 0 Å².